The minimum atomic E-state index is -0.138. The normalized spacial score (nSPS) is 29.2. The zero-order chi connectivity index (χ0) is 14.5. The van der Waals surface area contributed by atoms with Crippen molar-refractivity contribution in [3.8, 4) is 0 Å². The Morgan fingerprint density at radius 3 is 2.53 bits per heavy atom. The van der Waals surface area contributed by atoms with Crippen molar-refractivity contribution in [3.63, 3.8) is 0 Å². The van der Waals surface area contributed by atoms with Gasteiger partial charge in [-0.25, -0.2) is 0 Å². The summed E-state index contributed by atoms with van der Waals surface area (Å²) in [6, 6.07) is 0.420. The third-order valence-corrected chi connectivity index (χ3v) is 5.48. The first-order valence-electron chi connectivity index (χ1n) is 7.88. The van der Waals surface area contributed by atoms with Gasteiger partial charge in [-0.05, 0) is 32.1 Å². The maximum Gasteiger partial charge on any atom is 0.0611 e. The second kappa shape index (κ2) is 7.90. The van der Waals surface area contributed by atoms with Crippen LogP contribution in [0.4, 0.5) is 0 Å². The van der Waals surface area contributed by atoms with Crippen LogP contribution in [-0.4, -0.2) is 33.8 Å². The molecule has 0 radical (unpaired) electrons. The third kappa shape index (κ3) is 6.50. The number of thioether (sulfide) groups is 1. The summed E-state index contributed by atoms with van der Waals surface area (Å²) >= 11 is 2.14. The fraction of sp³-hybridized carbons (Fsp3) is 1.00. The summed E-state index contributed by atoms with van der Waals surface area (Å²) in [7, 11) is 0. The first-order chi connectivity index (χ1) is 8.84. The van der Waals surface area contributed by atoms with E-state index in [2.05, 4.69) is 51.7 Å². The maximum absolute atomic E-state index is 9.66. The van der Waals surface area contributed by atoms with Crippen LogP contribution in [0.15, 0.2) is 0 Å². The van der Waals surface area contributed by atoms with E-state index < -0.39 is 0 Å². The Bertz CT molecular complexity index is 259. The molecule has 0 aromatic heterocycles. The predicted octanol–water partition coefficient (Wildman–Crippen LogP) is 3.83. The molecule has 3 heteroatoms. The Labute approximate surface area is 124 Å². The lowest BCUT2D eigenvalue weighted by atomic mass is 9.90. The Morgan fingerprint density at radius 2 is 2.00 bits per heavy atom. The standard InChI is InChI=1S/C16H33NOS/c1-12(2)17-16(5,11-18)10-14(4)19-15-8-6-7-13(3)9-15/h12-15,17-18H,6-11H2,1-5H3. The van der Waals surface area contributed by atoms with E-state index >= 15 is 0 Å². The highest BCUT2D eigenvalue weighted by atomic mass is 32.2. The lowest BCUT2D eigenvalue weighted by Crippen LogP contribution is -2.50. The molecule has 0 bridgehead atoms. The van der Waals surface area contributed by atoms with Gasteiger partial charge in [-0.15, -0.1) is 0 Å². The molecular weight excluding hydrogens is 254 g/mol. The van der Waals surface area contributed by atoms with E-state index in [0.29, 0.717) is 11.3 Å². The number of aliphatic hydroxyl groups excluding tert-OH is 1. The molecule has 1 aliphatic carbocycles. The van der Waals surface area contributed by atoms with Crippen molar-refractivity contribution in [2.75, 3.05) is 6.61 Å². The molecule has 1 fully saturated rings. The maximum atomic E-state index is 9.66. The minimum Gasteiger partial charge on any atom is -0.394 e. The number of rotatable bonds is 7. The van der Waals surface area contributed by atoms with E-state index in [-0.39, 0.29) is 12.1 Å². The molecule has 114 valence electrons. The third-order valence-electron chi connectivity index (χ3n) is 4.04. The molecule has 1 saturated carbocycles. The van der Waals surface area contributed by atoms with Crippen LogP contribution in [0.1, 0.15) is 66.7 Å². The SMILES string of the molecule is CC1CCCC(SC(C)CC(C)(CO)NC(C)C)C1. The largest absolute Gasteiger partial charge is 0.394 e. The number of hydrogen-bond donors (Lipinski definition) is 2. The fourth-order valence-electron chi connectivity index (χ4n) is 3.38. The monoisotopic (exact) mass is 287 g/mol. The van der Waals surface area contributed by atoms with Crippen molar-refractivity contribution in [3.05, 3.63) is 0 Å². The van der Waals surface area contributed by atoms with Gasteiger partial charge in [-0.1, -0.05) is 40.5 Å². The summed E-state index contributed by atoms with van der Waals surface area (Å²) < 4.78 is 0. The van der Waals surface area contributed by atoms with Crippen molar-refractivity contribution in [2.24, 2.45) is 5.92 Å². The second-order valence-electron chi connectivity index (χ2n) is 7.06. The highest BCUT2D eigenvalue weighted by molar-refractivity contribution is 8.00. The van der Waals surface area contributed by atoms with Crippen LogP contribution in [0, 0.1) is 5.92 Å². The van der Waals surface area contributed by atoms with Crippen molar-refractivity contribution >= 4 is 11.8 Å². The molecule has 0 heterocycles. The summed E-state index contributed by atoms with van der Waals surface area (Å²) in [6.45, 7) is 11.4. The highest BCUT2D eigenvalue weighted by Crippen LogP contribution is 2.36. The van der Waals surface area contributed by atoms with Crippen LogP contribution < -0.4 is 5.32 Å². The van der Waals surface area contributed by atoms with Gasteiger partial charge >= 0.3 is 0 Å². The lowest BCUT2D eigenvalue weighted by Gasteiger charge is -2.35. The topological polar surface area (TPSA) is 32.3 Å². The Hall–Kier alpha value is 0.270. The van der Waals surface area contributed by atoms with E-state index in [1.54, 1.807) is 0 Å². The van der Waals surface area contributed by atoms with E-state index in [0.717, 1.165) is 17.6 Å². The average molecular weight is 288 g/mol. The highest BCUT2D eigenvalue weighted by Gasteiger charge is 2.28. The molecule has 2 N–H and O–H groups in total. The van der Waals surface area contributed by atoms with Crippen molar-refractivity contribution in [1.29, 1.82) is 0 Å². The summed E-state index contributed by atoms with van der Waals surface area (Å²) in [6.07, 6.45) is 6.61. The summed E-state index contributed by atoms with van der Waals surface area (Å²) in [5.41, 5.74) is -0.138. The second-order valence-corrected chi connectivity index (χ2v) is 8.81. The molecule has 0 aromatic rings. The van der Waals surface area contributed by atoms with Crippen LogP contribution in [0.25, 0.3) is 0 Å². The zero-order valence-electron chi connectivity index (χ0n) is 13.4. The molecule has 4 atom stereocenters. The molecule has 1 aliphatic rings. The summed E-state index contributed by atoms with van der Waals surface area (Å²) in [5, 5.41) is 14.6. The average Bonchev–Trinajstić information content (AvgIpc) is 2.27. The molecule has 0 saturated heterocycles. The summed E-state index contributed by atoms with van der Waals surface area (Å²) in [4.78, 5) is 0. The van der Waals surface area contributed by atoms with E-state index in [1.807, 2.05) is 0 Å². The van der Waals surface area contributed by atoms with E-state index in [9.17, 15) is 5.11 Å². The van der Waals surface area contributed by atoms with Gasteiger partial charge in [-0.2, -0.15) is 11.8 Å². The van der Waals surface area contributed by atoms with Crippen LogP contribution >= 0.6 is 11.8 Å². The van der Waals surface area contributed by atoms with Crippen molar-refractivity contribution < 1.29 is 5.11 Å². The van der Waals surface area contributed by atoms with Gasteiger partial charge in [0.05, 0.1) is 6.61 Å². The number of hydrogen-bond acceptors (Lipinski definition) is 3. The number of nitrogens with one attached hydrogen (secondary N) is 1. The first-order valence-corrected chi connectivity index (χ1v) is 8.83. The zero-order valence-corrected chi connectivity index (χ0v) is 14.2. The van der Waals surface area contributed by atoms with Crippen molar-refractivity contribution in [1.82, 2.24) is 5.32 Å². The van der Waals surface area contributed by atoms with E-state index in [4.69, 9.17) is 0 Å². The molecule has 4 unspecified atom stereocenters. The van der Waals surface area contributed by atoms with E-state index in [1.165, 1.54) is 25.7 Å². The van der Waals surface area contributed by atoms with Gasteiger partial charge in [0, 0.05) is 22.1 Å². The van der Waals surface area contributed by atoms with Gasteiger partial charge in [0.25, 0.3) is 0 Å². The van der Waals surface area contributed by atoms with Gasteiger partial charge in [-0.3, -0.25) is 0 Å². The first kappa shape index (κ1) is 17.3. The molecule has 0 amide bonds. The molecule has 0 spiro atoms. The smallest absolute Gasteiger partial charge is 0.0611 e. The Morgan fingerprint density at radius 1 is 1.32 bits per heavy atom. The Kier molecular flexibility index (Phi) is 7.20. The van der Waals surface area contributed by atoms with Gasteiger partial charge < -0.3 is 10.4 Å². The fourth-order valence-corrected chi connectivity index (χ4v) is 5.24. The van der Waals surface area contributed by atoms with Gasteiger partial charge in [0.2, 0.25) is 0 Å². The van der Waals surface area contributed by atoms with Crippen LogP contribution in [0.3, 0.4) is 0 Å². The van der Waals surface area contributed by atoms with Crippen molar-refractivity contribution in [2.45, 2.75) is 88.8 Å². The lowest BCUT2D eigenvalue weighted by molar-refractivity contribution is 0.157. The molecular formula is C16H33NOS. The van der Waals surface area contributed by atoms with Crippen LogP contribution in [0.2, 0.25) is 0 Å². The molecule has 19 heavy (non-hydrogen) atoms. The Balaban J connectivity index is 2.41. The van der Waals surface area contributed by atoms with Crippen LogP contribution in [-0.2, 0) is 0 Å². The van der Waals surface area contributed by atoms with Gasteiger partial charge in [0.15, 0.2) is 0 Å². The minimum absolute atomic E-state index is 0.138. The molecule has 2 nitrogen and oxygen atoms in total. The quantitative estimate of drug-likeness (QED) is 0.746. The van der Waals surface area contributed by atoms with Gasteiger partial charge in [0.1, 0.15) is 0 Å². The predicted molar refractivity (Wildman–Crippen MR) is 86.9 cm³/mol. The van der Waals surface area contributed by atoms with Crippen LogP contribution in [0.5, 0.6) is 0 Å². The number of aliphatic hydroxyl groups is 1. The molecule has 0 aromatic carbocycles. The molecule has 0 aliphatic heterocycles. The molecule has 1 rings (SSSR count). The summed E-state index contributed by atoms with van der Waals surface area (Å²) in [5.74, 6) is 0.900.